The van der Waals surface area contributed by atoms with Crippen molar-refractivity contribution < 1.29 is 8.78 Å². The van der Waals surface area contributed by atoms with Gasteiger partial charge in [0.25, 0.3) is 0 Å². The Balaban J connectivity index is 1.43. The Bertz CT molecular complexity index is 500. The molecular weight excluding hydrogens is 310 g/mol. The molecule has 2 saturated carbocycles. The molecule has 0 amide bonds. The molecule has 2 aliphatic rings. The number of thiol groups is 1. The van der Waals surface area contributed by atoms with Crippen LogP contribution in [-0.4, -0.2) is 5.25 Å². The van der Waals surface area contributed by atoms with E-state index in [0.717, 1.165) is 18.3 Å². The van der Waals surface area contributed by atoms with E-state index in [1.165, 1.54) is 57.4 Å². The first kappa shape index (κ1) is 17.3. The van der Waals surface area contributed by atoms with Crippen LogP contribution in [0.5, 0.6) is 0 Å². The van der Waals surface area contributed by atoms with Gasteiger partial charge in [-0.15, -0.1) is 0 Å². The van der Waals surface area contributed by atoms with Crippen LogP contribution in [-0.2, 0) is 6.42 Å². The second kappa shape index (κ2) is 8.00. The molecule has 2 fully saturated rings. The van der Waals surface area contributed by atoms with E-state index < -0.39 is 11.6 Å². The number of benzene rings is 1. The Kier molecular flexibility index (Phi) is 6.01. The third-order valence-corrected chi connectivity index (χ3v) is 6.67. The van der Waals surface area contributed by atoms with Crippen LogP contribution in [0.4, 0.5) is 8.78 Å². The quantitative estimate of drug-likeness (QED) is 0.622. The Labute approximate surface area is 144 Å². The van der Waals surface area contributed by atoms with Crippen molar-refractivity contribution in [2.24, 2.45) is 17.8 Å². The van der Waals surface area contributed by atoms with Gasteiger partial charge in [0, 0.05) is 5.25 Å². The molecule has 0 spiro atoms. The van der Waals surface area contributed by atoms with E-state index in [1.807, 2.05) is 0 Å². The zero-order valence-corrected chi connectivity index (χ0v) is 14.7. The second-order valence-electron chi connectivity index (χ2n) is 7.60. The summed E-state index contributed by atoms with van der Waals surface area (Å²) < 4.78 is 27.0. The standard InChI is InChI=1S/C20H28F2S/c21-19-3-1-2-17(20(19)22)9-6-14-4-7-15(8-5-14)16-10-12-18(23)13-11-16/h1-3,14-16,18,23H,4-13H2. The largest absolute Gasteiger partial charge is 0.204 e. The van der Waals surface area contributed by atoms with Gasteiger partial charge in [0.2, 0.25) is 0 Å². The first-order valence-corrected chi connectivity index (χ1v) is 9.76. The summed E-state index contributed by atoms with van der Waals surface area (Å²) in [6, 6.07) is 4.53. The topological polar surface area (TPSA) is 0 Å². The average Bonchev–Trinajstić information content (AvgIpc) is 2.57. The van der Waals surface area contributed by atoms with Crippen molar-refractivity contribution in [2.45, 2.75) is 69.5 Å². The fourth-order valence-corrected chi connectivity index (χ4v) is 4.92. The van der Waals surface area contributed by atoms with Crippen LogP contribution >= 0.6 is 12.6 Å². The summed E-state index contributed by atoms with van der Waals surface area (Å²) in [6.45, 7) is 0. The fraction of sp³-hybridized carbons (Fsp3) is 0.700. The van der Waals surface area contributed by atoms with Crippen molar-refractivity contribution in [2.75, 3.05) is 0 Å². The summed E-state index contributed by atoms with van der Waals surface area (Å²) in [6.07, 6.45) is 12.1. The number of hydrogen-bond acceptors (Lipinski definition) is 1. The highest BCUT2D eigenvalue weighted by Crippen LogP contribution is 2.41. The van der Waals surface area contributed by atoms with Gasteiger partial charge in [0.15, 0.2) is 11.6 Å². The Morgan fingerprint density at radius 3 is 2.13 bits per heavy atom. The molecule has 1 aromatic carbocycles. The Hall–Kier alpha value is -0.570. The molecular formula is C20H28F2S. The van der Waals surface area contributed by atoms with Gasteiger partial charge in [-0.3, -0.25) is 0 Å². The lowest BCUT2D eigenvalue weighted by Gasteiger charge is -2.37. The van der Waals surface area contributed by atoms with Gasteiger partial charge in [-0.25, -0.2) is 8.78 Å². The van der Waals surface area contributed by atoms with Crippen molar-refractivity contribution in [1.29, 1.82) is 0 Å². The maximum absolute atomic E-state index is 13.7. The number of aryl methyl sites for hydroxylation is 1. The van der Waals surface area contributed by atoms with Crippen molar-refractivity contribution in [3.8, 4) is 0 Å². The van der Waals surface area contributed by atoms with Crippen LogP contribution in [0.3, 0.4) is 0 Å². The fourth-order valence-electron chi connectivity index (χ4n) is 4.62. The highest BCUT2D eigenvalue weighted by Gasteiger charge is 2.30. The molecule has 2 aliphatic carbocycles. The zero-order chi connectivity index (χ0) is 16.2. The van der Waals surface area contributed by atoms with Gasteiger partial charge in [0.1, 0.15) is 0 Å². The summed E-state index contributed by atoms with van der Waals surface area (Å²) >= 11 is 4.60. The normalized spacial score (nSPS) is 32.0. The predicted molar refractivity (Wildman–Crippen MR) is 94.9 cm³/mol. The van der Waals surface area contributed by atoms with E-state index >= 15 is 0 Å². The van der Waals surface area contributed by atoms with Crippen molar-refractivity contribution >= 4 is 12.6 Å². The van der Waals surface area contributed by atoms with Gasteiger partial charge in [-0.05, 0) is 80.8 Å². The maximum Gasteiger partial charge on any atom is 0.162 e. The van der Waals surface area contributed by atoms with Crippen LogP contribution in [0.2, 0.25) is 0 Å². The predicted octanol–water partition coefficient (Wildman–Crippen LogP) is 6.19. The van der Waals surface area contributed by atoms with Crippen LogP contribution in [0.25, 0.3) is 0 Å². The Morgan fingerprint density at radius 2 is 1.48 bits per heavy atom. The van der Waals surface area contributed by atoms with Crippen LogP contribution in [0.15, 0.2) is 18.2 Å². The van der Waals surface area contributed by atoms with E-state index in [4.69, 9.17) is 0 Å². The van der Waals surface area contributed by atoms with E-state index in [1.54, 1.807) is 12.1 Å². The van der Waals surface area contributed by atoms with Crippen molar-refractivity contribution in [3.63, 3.8) is 0 Å². The summed E-state index contributed by atoms with van der Waals surface area (Å²) in [4.78, 5) is 0. The Morgan fingerprint density at radius 1 is 0.870 bits per heavy atom. The average molecular weight is 339 g/mol. The second-order valence-corrected chi connectivity index (χ2v) is 8.33. The molecule has 3 heteroatoms. The molecule has 0 heterocycles. The maximum atomic E-state index is 13.7. The lowest BCUT2D eigenvalue weighted by atomic mass is 9.70. The van der Waals surface area contributed by atoms with E-state index in [0.29, 0.717) is 23.2 Å². The first-order valence-electron chi connectivity index (χ1n) is 9.24. The third kappa shape index (κ3) is 4.49. The molecule has 128 valence electrons. The third-order valence-electron chi connectivity index (χ3n) is 6.15. The highest BCUT2D eigenvalue weighted by molar-refractivity contribution is 7.80. The van der Waals surface area contributed by atoms with Crippen LogP contribution in [0, 0.1) is 29.4 Å². The lowest BCUT2D eigenvalue weighted by Crippen LogP contribution is -2.26. The van der Waals surface area contributed by atoms with Crippen molar-refractivity contribution in [1.82, 2.24) is 0 Å². The molecule has 0 atom stereocenters. The van der Waals surface area contributed by atoms with Gasteiger partial charge in [-0.1, -0.05) is 25.0 Å². The summed E-state index contributed by atoms with van der Waals surface area (Å²) in [5.41, 5.74) is 0.541. The van der Waals surface area contributed by atoms with Crippen LogP contribution < -0.4 is 0 Å². The molecule has 0 N–H and O–H groups in total. The van der Waals surface area contributed by atoms with Gasteiger partial charge in [0.05, 0.1) is 0 Å². The number of rotatable bonds is 4. The SMILES string of the molecule is Fc1cccc(CCC2CCC(C3CCC(S)CC3)CC2)c1F. The van der Waals surface area contributed by atoms with Gasteiger partial charge in [-0.2, -0.15) is 12.6 Å². The number of hydrogen-bond donors (Lipinski definition) is 1. The monoisotopic (exact) mass is 338 g/mol. The molecule has 23 heavy (non-hydrogen) atoms. The molecule has 1 aromatic rings. The van der Waals surface area contributed by atoms with Gasteiger partial charge < -0.3 is 0 Å². The van der Waals surface area contributed by atoms with Crippen molar-refractivity contribution in [3.05, 3.63) is 35.4 Å². The molecule has 0 radical (unpaired) electrons. The minimum absolute atomic E-state index is 0.541. The molecule has 0 saturated heterocycles. The van der Waals surface area contributed by atoms with Crippen LogP contribution in [0.1, 0.15) is 63.4 Å². The smallest absolute Gasteiger partial charge is 0.162 e. The van der Waals surface area contributed by atoms with Gasteiger partial charge >= 0.3 is 0 Å². The summed E-state index contributed by atoms with van der Waals surface area (Å²) in [7, 11) is 0. The number of halogens is 2. The first-order chi connectivity index (χ1) is 11.1. The molecule has 0 aliphatic heterocycles. The van der Waals surface area contributed by atoms with E-state index in [-0.39, 0.29) is 0 Å². The molecule has 0 unspecified atom stereocenters. The molecule has 0 aromatic heterocycles. The minimum atomic E-state index is -0.717. The highest BCUT2D eigenvalue weighted by atomic mass is 32.1. The molecule has 0 nitrogen and oxygen atoms in total. The molecule has 3 rings (SSSR count). The molecule has 0 bridgehead atoms. The van der Waals surface area contributed by atoms with E-state index in [2.05, 4.69) is 12.6 Å². The summed E-state index contributed by atoms with van der Waals surface area (Å²) in [5, 5.41) is 0.628. The minimum Gasteiger partial charge on any atom is -0.204 e. The van der Waals surface area contributed by atoms with E-state index in [9.17, 15) is 8.78 Å². The zero-order valence-electron chi connectivity index (χ0n) is 13.8. The summed E-state index contributed by atoms with van der Waals surface area (Å²) in [5.74, 6) is 1.14. The lowest BCUT2D eigenvalue weighted by molar-refractivity contribution is 0.165.